The fourth-order valence-electron chi connectivity index (χ4n) is 3.26. The van der Waals surface area contributed by atoms with Crippen LogP contribution in [0.1, 0.15) is 42.9 Å². The molecule has 0 saturated carbocycles. The number of nitrogens with zero attached hydrogens (tertiary/aromatic N) is 1. The first-order valence-electron chi connectivity index (χ1n) is 9.07. The second-order valence-electron chi connectivity index (χ2n) is 7.29. The summed E-state index contributed by atoms with van der Waals surface area (Å²) in [6, 6.07) is 4.14. The van der Waals surface area contributed by atoms with Gasteiger partial charge >= 0.3 is 0 Å². The van der Waals surface area contributed by atoms with Gasteiger partial charge in [0.25, 0.3) is 5.91 Å². The third-order valence-electron chi connectivity index (χ3n) is 5.13. The van der Waals surface area contributed by atoms with Crippen LogP contribution in [-0.4, -0.2) is 43.6 Å². The summed E-state index contributed by atoms with van der Waals surface area (Å²) in [5.74, 6) is 1.52. The van der Waals surface area contributed by atoms with Gasteiger partial charge in [0, 0.05) is 6.54 Å². The average molecular weight is 332 g/mol. The third kappa shape index (κ3) is 5.23. The normalized spacial score (nSPS) is 17.5. The molecule has 2 rings (SSSR count). The number of hydrogen-bond acceptors (Lipinski definition) is 3. The van der Waals surface area contributed by atoms with Gasteiger partial charge in [-0.1, -0.05) is 6.07 Å². The fourth-order valence-corrected chi connectivity index (χ4v) is 3.26. The number of ether oxygens (including phenoxy) is 1. The maximum atomic E-state index is 12.3. The van der Waals surface area contributed by atoms with Crippen LogP contribution in [0.15, 0.2) is 12.1 Å². The molecule has 1 aliphatic rings. The van der Waals surface area contributed by atoms with Crippen LogP contribution < -0.4 is 10.1 Å². The van der Waals surface area contributed by atoms with E-state index in [9.17, 15) is 4.79 Å². The van der Waals surface area contributed by atoms with Crippen molar-refractivity contribution >= 4 is 5.91 Å². The van der Waals surface area contributed by atoms with Crippen LogP contribution in [0.4, 0.5) is 0 Å². The lowest BCUT2D eigenvalue weighted by atomic mass is 9.94. The minimum atomic E-state index is -0.470. The summed E-state index contributed by atoms with van der Waals surface area (Å²) in [7, 11) is 2.17. The molecule has 1 heterocycles. The molecule has 1 atom stereocenters. The number of likely N-dealkylation sites (tertiary alicyclic amines) is 1. The molecule has 4 heteroatoms. The molecule has 24 heavy (non-hydrogen) atoms. The van der Waals surface area contributed by atoms with Crippen LogP contribution in [-0.2, 0) is 4.79 Å². The Labute approximate surface area is 146 Å². The topological polar surface area (TPSA) is 41.6 Å². The molecule has 1 aromatic carbocycles. The van der Waals surface area contributed by atoms with E-state index in [0.717, 1.165) is 35.8 Å². The van der Waals surface area contributed by atoms with E-state index < -0.39 is 6.10 Å². The van der Waals surface area contributed by atoms with Gasteiger partial charge in [-0.05, 0) is 95.8 Å². The molecular formula is C20H32N2O2. The van der Waals surface area contributed by atoms with Gasteiger partial charge in [-0.15, -0.1) is 0 Å². The predicted octanol–water partition coefficient (Wildman–Crippen LogP) is 3.23. The van der Waals surface area contributed by atoms with Crippen LogP contribution in [0, 0.1) is 26.7 Å². The predicted molar refractivity (Wildman–Crippen MR) is 98.6 cm³/mol. The lowest BCUT2D eigenvalue weighted by Crippen LogP contribution is -2.38. The summed E-state index contributed by atoms with van der Waals surface area (Å²) < 4.78 is 5.91. The molecule has 134 valence electrons. The number of aryl methyl sites for hydroxylation is 2. The summed E-state index contributed by atoms with van der Waals surface area (Å²) in [6.07, 6.45) is 3.07. The van der Waals surface area contributed by atoms with Crippen molar-refractivity contribution in [2.24, 2.45) is 5.92 Å². The van der Waals surface area contributed by atoms with Crippen molar-refractivity contribution in [1.82, 2.24) is 10.2 Å². The minimum Gasteiger partial charge on any atom is -0.481 e. The number of carbonyl (C=O) groups excluding carboxylic acids is 1. The second kappa shape index (κ2) is 8.52. The fraction of sp³-hybridized carbons (Fsp3) is 0.650. The van der Waals surface area contributed by atoms with Crippen LogP contribution in [0.2, 0.25) is 0 Å². The van der Waals surface area contributed by atoms with Crippen molar-refractivity contribution in [2.75, 3.05) is 26.7 Å². The second-order valence-corrected chi connectivity index (χ2v) is 7.29. The van der Waals surface area contributed by atoms with Crippen LogP contribution in [0.5, 0.6) is 5.75 Å². The Balaban J connectivity index is 1.78. The molecular weight excluding hydrogens is 300 g/mol. The van der Waals surface area contributed by atoms with Gasteiger partial charge < -0.3 is 15.0 Å². The van der Waals surface area contributed by atoms with Crippen molar-refractivity contribution < 1.29 is 9.53 Å². The van der Waals surface area contributed by atoms with Gasteiger partial charge in [0.05, 0.1) is 0 Å². The maximum Gasteiger partial charge on any atom is 0.260 e. The van der Waals surface area contributed by atoms with Crippen molar-refractivity contribution in [3.05, 3.63) is 28.8 Å². The first-order valence-corrected chi connectivity index (χ1v) is 9.07. The highest BCUT2D eigenvalue weighted by molar-refractivity contribution is 5.80. The van der Waals surface area contributed by atoms with E-state index in [1.807, 2.05) is 26.8 Å². The summed E-state index contributed by atoms with van der Waals surface area (Å²) in [5.41, 5.74) is 3.45. The van der Waals surface area contributed by atoms with Gasteiger partial charge in [-0.3, -0.25) is 4.79 Å². The standard InChI is InChI=1S/C20H32N2O2/c1-14-12-15(2)16(3)19(13-14)24-17(4)20(23)21-9-6-18-7-10-22(5)11-8-18/h12-13,17-18H,6-11H2,1-5H3,(H,21,23)/t17-/m1/s1. The third-order valence-corrected chi connectivity index (χ3v) is 5.13. The smallest absolute Gasteiger partial charge is 0.260 e. The van der Waals surface area contributed by atoms with E-state index in [-0.39, 0.29) is 5.91 Å². The molecule has 0 aromatic heterocycles. The number of amides is 1. The number of piperidine rings is 1. The van der Waals surface area contributed by atoms with E-state index in [2.05, 4.69) is 30.3 Å². The zero-order valence-corrected chi connectivity index (χ0v) is 15.8. The Morgan fingerprint density at radius 2 is 1.96 bits per heavy atom. The number of nitrogens with one attached hydrogen (secondary N) is 1. The highest BCUT2D eigenvalue weighted by atomic mass is 16.5. The zero-order valence-electron chi connectivity index (χ0n) is 15.8. The van der Waals surface area contributed by atoms with E-state index in [1.54, 1.807) is 0 Å². The van der Waals surface area contributed by atoms with E-state index in [4.69, 9.17) is 4.74 Å². The first kappa shape index (κ1) is 18.8. The highest BCUT2D eigenvalue weighted by Crippen LogP contribution is 2.24. The molecule has 1 aliphatic heterocycles. The Bertz CT molecular complexity index is 563. The van der Waals surface area contributed by atoms with Gasteiger partial charge in [0.2, 0.25) is 0 Å². The molecule has 1 aromatic rings. The minimum absolute atomic E-state index is 0.0264. The monoisotopic (exact) mass is 332 g/mol. The summed E-state index contributed by atoms with van der Waals surface area (Å²) in [5, 5.41) is 3.03. The largest absolute Gasteiger partial charge is 0.481 e. The van der Waals surface area contributed by atoms with Crippen molar-refractivity contribution in [2.45, 2.75) is 53.1 Å². The molecule has 0 bridgehead atoms. The Morgan fingerprint density at radius 3 is 2.62 bits per heavy atom. The van der Waals surface area contributed by atoms with Gasteiger partial charge in [0.15, 0.2) is 6.10 Å². The van der Waals surface area contributed by atoms with Gasteiger partial charge in [0.1, 0.15) is 5.75 Å². The molecule has 1 N–H and O–H groups in total. The molecule has 0 unspecified atom stereocenters. The van der Waals surface area contributed by atoms with Gasteiger partial charge in [-0.25, -0.2) is 0 Å². The molecule has 1 amide bonds. The molecule has 4 nitrogen and oxygen atoms in total. The van der Waals surface area contributed by atoms with Crippen LogP contribution in [0.25, 0.3) is 0 Å². The van der Waals surface area contributed by atoms with E-state index in [0.29, 0.717) is 0 Å². The maximum absolute atomic E-state index is 12.3. The number of benzene rings is 1. The summed E-state index contributed by atoms with van der Waals surface area (Å²) in [6.45, 7) is 11.1. The summed E-state index contributed by atoms with van der Waals surface area (Å²) >= 11 is 0. The Kier molecular flexibility index (Phi) is 6.67. The van der Waals surface area contributed by atoms with Crippen molar-refractivity contribution in [3.63, 3.8) is 0 Å². The van der Waals surface area contributed by atoms with Crippen molar-refractivity contribution in [3.8, 4) is 5.75 Å². The lowest BCUT2D eigenvalue weighted by Gasteiger charge is -2.29. The Morgan fingerprint density at radius 1 is 1.29 bits per heavy atom. The number of rotatable bonds is 6. The van der Waals surface area contributed by atoms with Gasteiger partial charge in [-0.2, -0.15) is 0 Å². The average Bonchev–Trinajstić information content (AvgIpc) is 2.53. The van der Waals surface area contributed by atoms with Crippen LogP contribution >= 0.6 is 0 Å². The van der Waals surface area contributed by atoms with Crippen molar-refractivity contribution in [1.29, 1.82) is 0 Å². The van der Waals surface area contributed by atoms with E-state index >= 15 is 0 Å². The molecule has 0 radical (unpaired) electrons. The summed E-state index contributed by atoms with van der Waals surface area (Å²) in [4.78, 5) is 14.7. The molecule has 0 aliphatic carbocycles. The molecule has 0 spiro atoms. The lowest BCUT2D eigenvalue weighted by molar-refractivity contribution is -0.127. The molecule has 1 fully saturated rings. The van der Waals surface area contributed by atoms with E-state index in [1.165, 1.54) is 31.5 Å². The quantitative estimate of drug-likeness (QED) is 0.869. The number of carbonyl (C=O) groups is 1. The zero-order chi connectivity index (χ0) is 17.7. The Hall–Kier alpha value is -1.55. The van der Waals surface area contributed by atoms with Crippen LogP contribution in [0.3, 0.4) is 0 Å². The molecule has 1 saturated heterocycles. The number of hydrogen-bond donors (Lipinski definition) is 1. The SMILES string of the molecule is Cc1cc(C)c(C)c(O[C@H](C)C(=O)NCCC2CCN(C)CC2)c1. The highest BCUT2D eigenvalue weighted by Gasteiger charge is 2.19. The first-order chi connectivity index (χ1) is 11.4.